The summed E-state index contributed by atoms with van der Waals surface area (Å²) in [7, 11) is 0. The van der Waals surface area contributed by atoms with E-state index in [4.69, 9.17) is 0 Å². The number of nitrogens with zero attached hydrogens (tertiary/aromatic N) is 1. The standard InChI is InChI=1S/C68H47N/c1-5-22-46(23-6-1)52-34-21-39-65(66(52)47-24-7-2-8-25-47)69(50-40-42-57-55-32-13-17-35-59(55)67(63(57)44-50,48-26-9-3-10-27-48)49-28-11-4-12-29-49)51-41-43-58-56-33-16-20-38-62(56)68(64(58)45-51)60-36-18-14-30-53(60)54-31-15-19-37-61(54)68/h1-22,24-46H,23H2. The number of hydrogen-bond donors (Lipinski definition) is 0. The van der Waals surface area contributed by atoms with Crippen molar-refractivity contribution >= 4 is 17.1 Å². The lowest BCUT2D eigenvalue weighted by Gasteiger charge is -2.36. The smallest absolute Gasteiger partial charge is 0.0726 e. The Morgan fingerprint density at radius 2 is 0.783 bits per heavy atom. The molecule has 1 unspecified atom stereocenters. The van der Waals surface area contributed by atoms with Crippen LogP contribution >= 0.6 is 0 Å². The van der Waals surface area contributed by atoms with E-state index >= 15 is 0 Å². The highest BCUT2D eigenvalue weighted by Gasteiger charge is 2.52. The molecule has 10 aromatic rings. The van der Waals surface area contributed by atoms with Crippen LogP contribution in [0.2, 0.25) is 0 Å². The highest BCUT2D eigenvalue weighted by atomic mass is 15.1. The maximum Gasteiger partial charge on any atom is 0.0726 e. The summed E-state index contributed by atoms with van der Waals surface area (Å²) in [5.41, 5.74) is 24.3. The van der Waals surface area contributed by atoms with Gasteiger partial charge in [-0.15, -0.1) is 0 Å². The second kappa shape index (κ2) is 15.5. The molecule has 1 atom stereocenters. The lowest BCUT2D eigenvalue weighted by Crippen LogP contribution is -2.28. The fourth-order valence-electron chi connectivity index (χ4n) is 13.0. The molecule has 0 saturated heterocycles. The normalized spacial score (nSPS) is 15.7. The van der Waals surface area contributed by atoms with Gasteiger partial charge in [-0.05, 0) is 126 Å². The van der Waals surface area contributed by atoms with Gasteiger partial charge in [-0.25, -0.2) is 0 Å². The van der Waals surface area contributed by atoms with Crippen molar-refractivity contribution in [2.24, 2.45) is 0 Å². The van der Waals surface area contributed by atoms with Gasteiger partial charge in [-0.1, -0.05) is 237 Å². The van der Waals surface area contributed by atoms with Crippen molar-refractivity contribution in [1.82, 2.24) is 0 Å². The maximum absolute atomic E-state index is 2.59. The zero-order valence-corrected chi connectivity index (χ0v) is 38.1. The number of benzene rings is 10. The summed E-state index contributed by atoms with van der Waals surface area (Å²) < 4.78 is 0. The summed E-state index contributed by atoms with van der Waals surface area (Å²) in [4.78, 5) is 2.59. The summed E-state index contributed by atoms with van der Waals surface area (Å²) >= 11 is 0. The summed E-state index contributed by atoms with van der Waals surface area (Å²) in [6, 6.07) is 91.5. The molecule has 4 aliphatic carbocycles. The van der Waals surface area contributed by atoms with Crippen LogP contribution < -0.4 is 4.90 Å². The first-order valence-electron chi connectivity index (χ1n) is 24.4. The molecule has 1 nitrogen and oxygen atoms in total. The quantitative estimate of drug-likeness (QED) is 0.154. The first-order valence-corrected chi connectivity index (χ1v) is 24.4. The molecule has 0 aromatic heterocycles. The van der Waals surface area contributed by atoms with Gasteiger partial charge in [0.15, 0.2) is 0 Å². The predicted octanol–water partition coefficient (Wildman–Crippen LogP) is 17.1. The molecule has 0 fully saturated rings. The first-order chi connectivity index (χ1) is 34.3. The Labute approximate surface area is 404 Å². The van der Waals surface area contributed by atoms with Crippen molar-refractivity contribution in [1.29, 1.82) is 0 Å². The van der Waals surface area contributed by atoms with Crippen LogP contribution in [-0.2, 0) is 10.8 Å². The minimum absolute atomic E-state index is 0.231. The van der Waals surface area contributed by atoms with Gasteiger partial charge in [0.2, 0.25) is 0 Å². The average Bonchev–Trinajstić information content (AvgIpc) is 4.02. The Bertz CT molecular complexity index is 3500. The van der Waals surface area contributed by atoms with Crippen LogP contribution in [0.4, 0.5) is 17.1 Å². The zero-order chi connectivity index (χ0) is 45.5. The molecule has 0 bridgehead atoms. The molecule has 324 valence electrons. The van der Waals surface area contributed by atoms with E-state index in [1.807, 2.05) is 0 Å². The van der Waals surface area contributed by atoms with E-state index in [-0.39, 0.29) is 5.92 Å². The minimum Gasteiger partial charge on any atom is -0.310 e. The van der Waals surface area contributed by atoms with E-state index in [0.717, 1.165) is 23.5 Å². The van der Waals surface area contributed by atoms with Crippen LogP contribution in [0.15, 0.2) is 267 Å². The van der Waals surface area contributed by atoms with Gasteiger partial charge < -0.3 is 4.90 Å². The minimum atomic E-state index is -0.555. The highest BCUT2D eigenvalue weighted by molar-refractivity contribution is 5.98. The van der Waals surface area contributed by atoms with E-state index in [2.05, 4.69) is 272 Å². The van der Waals surface area contributed by atoms with Crippen LogP contribution in [0.5, 0.6) is 0 Å². The molecule has 4 aliphatic rings. The molecular weight excluding hydrogens is 831 g/mol. The fraction of sp³-hybridized carbons (Fsp3) is 0.0588. The van der Waals surface area contributed by atoms with E-state index in [0.29, 0.717) is 0 Å². The number of hydrogen-bond acceptors (Lipinski definition) is 1. The molecule has 14 rings (SSSR count). The fourth-order valence-corrected chi connectivity index (χ4v) is 13.0. The van der Waals surface area contributed by atoms with E-state index < -0.39 is 10.8 Å². The Kier molecular flexibility index (Phi) is 8.91. The van der Waals surface area contributed by atoms with Crippen LogP contribution in [0, 0.1) is 0 Å². The van der Waals surface area contributed by atoms with Crippen molar-refractivity contribution in [2.45, 2.75) is 23.2 Å². The molecule has 0 radical (unpaired) electrons. The summed E-state index contributed by atoms with van der Waals surface area (Å²) in [6.07, 6.45) is 10.0. The number of anilines is 3. The van der Waals surface area contributed by atoms with Gasteiger partial charge in [-0.2, -0.15) is 0 Å². The molecule has 0 amide bonds. The van der Waals surface area contributed by atoms with Crippen molar-refractivity contribution in [2.75, 3.05) is 4.90 Å². The van der Waals surface area contributed by atoms with E-state index in [1.54, 1.807) is 0 Å². The largest absolute Gasteiger partial charge is 0.310 e. The Balaban J connectivity index is 1.09. The number of fused-ring (bicyclic) bond motifs is 13. The molecule has 0 N–H and O–H groups in total. The van der Waals surface area contributed by atoms with Crippen LogP contribution in [0.25, 0.3) is 44.5 Å². The zero-order valence-electron chi connectivity index (χ0n) is 38.1. The molecule has 1 spiro atoms. The Morgan fingerprint density at radius 3 is 1.28 bits per heavy atom. The molecule has 10 aromatic carbocycles. The number of allylic oxidation sites excluding steroid dienone is 4. The van der Waals surface area contributed by atoms with Crippen molar-refractivity contribution in [3.05, 3.63) is 317 Å². The second-order valence-electron chi connectivity index (χ2n) is 19.0. The van der Waals surface area contributed by atoms with Gasteiger partial charge in [0.1, 0.15) is 0 Å². The molecule has 1 heteroatoms. The van der Waals surface area contributed by atoms with Crippen LogP contribution in [0.1, 0.15) is 62.4 Å². The third kappa shape index (κ3) is 5.59. The topological polar surface area (TPSA) is 3.24 Å². The van der Waals surface area contributed by atoms with E-state index in [1.165, 1.54) is 94.6 Å². The Morgan fingerprint density at radius 1 is 0.348 bits per heavy atom. The van der Waals surface area contributed by atoms with Gasteiger partial charge >= 0.3 is 0 Å². The third-order valence-corrected chi connectivity index (χ3v) is 15.7. The van der Waals surface area contributed by atoms with Crippen LogP contribution in [-0.4, -0.2) is 0 Å². The lowest BCUT2D eigenvalue weighted by molar-refractivity contribution is 0.768. The molecule has 69 heavy (non-hydrogen) atoms. The van der Waals surface area contributed by atoms with Gasteiger partial charge in [0, 0.05) is 22.9 Å². The maximum atomic E-state index is 2.59. The highest BCUT2D eigenvalue weighted by Crippen LogP contribution is 2.64. The van der Waals surface area contributed by atoms with E-state index in [9.17, 15) is 0 Å². The third-order valence-electron chi connectivity index (χ3n) is 15.7. The summed E-state index contributed by atoms with van der Waals surface area (Å²) in [6.45, 7) is 0. The predicted molar refractivity (Wildman–Crippen MR) is 286 cm³/mol. The van der Waals surface area contributed by atoms with Crippen molar-refractivity contribution < 1.29 is 0 Å². The molecule has 0 heterocycles. The summed E-state index contributed by atoms with van der Waals surface area (Å²) in [5, 5.41) is 0. The molecular formula is C68H47N. The second-order valence-corrected chi connectivity index (χ2v) is 19.0. The first kappa shape index (κ1) is 39.6. The average molecular weight is 878 g/mol. The lowest BCUT2D eigenvalue weighted by atomic mass is 9.67. The van der Waals surface area contributed by atoms with Crippen molar-refractivity contribution in [3.63, 3.8) is 0 Å². The molecule has 0 saturated carbocycles. The summed E-state index contributed by atoms with van der Waals surface area (Å²) in [5.74, 6) is 0.231. The number of rotatable bonds is 7. The van der Waals surface area contributed by atoms with Gasteiger partial charge in [-0.3, -0.25) is 0 Å². The molecule has 0 aliphatic heterocycles. The Hall–Kier alpha value is -8.52. The SMILES string of the molecule is C1=CCC(c2cccc(N(c3ccc4c(c3)C(c3ccccc3)(c3ccccc3)c3ccccc3-4)c3ccc4c(c3)C3(c5ccccc5-c5ccccc53)c3ccccc3-4)c2-c2ccccc2)C=C1. The van der Waals surface area contributed by atoms with Gasteiger partial charge in [0.25, 0.3) is 0 Å². The van der Waals surface area contributed by atoms with Crippen molar-refractivity contribution in [3.8, 4) is 44.5 Å². The van der Waals surface area contributed by atoms with Gasteiger partial charge in [0.05, 0.1) is 16.5 Å². The monoisotopic (exact) mass is 877 g/mol. The van der Waals surface area contributed by atoms with Crippen LogP contribution in [0.3, 0.4) is 0 Å².